The lowest BCUT2D eigenvalue weighted by atomic mass is 10.0. The van der Waals surface area contributed by atoms with Crippen molar-refractivity contribution >= 4 is 33.4 Å². The molecule has 1 aliphatic rings. The minimum atomic E-state index is 1.14. The molecule has 0 fully saturated rings. The number of pyridine rings is 1. The fourth-order valence-electron chi connectivity index (χ4n) is 2.86. The maximum atomic E-state index is 4.78. The predicted molar refractivity (Wildman–Crippen MR) is 78.4 cm³/mol. The number of aromatic nitrogens is 1. The summed E-state index contributed by atoms with van der Waals surface area (Å²) >= 11 is 1.99. The zero-order valence-electron chi connectivity index (χ0n) is 10.2. The lowest BCUT2D eigenvalue weighted by Gasteiger charge is -2.10. The highest BCUT2D eigenvalue weighted by atomic mass is 32.2. The molecule has 0 spiro atoms. The number of nitrogens with zero attached hydrogens (tertiary/aromatic N) is 1. The van der Waals surface area contributed by atoms with Crippen LogP contribution < -0.4 is 0 Å². The highest BCUT2D eigenvalue weighted by molar-refractivity contribution is 7.99. The maximum Gasteiger partial charge on any atom is 0.0723 e. The Morgan fingerprint density at radius 3 is 2.94 bits per heavy atom. The molecule has 1 nitrogen and oxygen atoms in total. The van der Waals surface area contributed by atoms with E-state index in [1.807, 2.05) is 11.8 Å². The smallest absolute Gasteiger partial charge is 0.0723 e. The lowest BCUT2D eigenvalue weighted by Crippen LogP contribution is -1.93. The third-order valence-electron chi connectivity index (χ3n) is 3.73. The van der Waals surface area contributed by atoms with Crippen molar-refractivity contribution < 1.29 is 0 Å². The first-order chi connectivity index (χ1) is 8.84. The number of benzene rings is 2. The van der Waals surface area contributed by atoms with Crippen LogP contribution in [0.25, 0.3) is 21.7 Å². The molecule has 0 saturated heterocycles. The van der Waals surface area contributed by atoms with E-state index in [0.717, 1.165) is 11.9 Å². The van der Waals surface area contributed by atoms with Crippen molar-refractivity contribution in [2.45, 2.75) is 18.2 Å². The topological polar surface area (TPSA) is 12.9 Å². The Morgan fingerprint density at radius 1 is 1.11 bits per heavy atom. The number of hydrogen-bond donors (Lipinski definition) is 0. The van der Waals surface area contributed by atoms with E-state index in [1.165, 1.54) is 38.1 Å². The van der Waals surface area contributed by atoms with Crippen molar-refractivity contribution in [2.75, 3.05) is 5.75 Å². The van der Waals surface area contributed by atoms with Gasteiger partial charge in [0.2, 0.25) is 0 Å². The van der Waals surface area contributed by atoms with Gasteiger partial charge in [0.05, 0.1) is 5.52 Å². The third-order valence-corrected chi connectivity index (χ3v) is 4.88. The molecule has 88 valence electrons. The Morgan fingerprint density at radius 2 is 2.00 bits per heavy atom. The molecule has 1 aromatic heterocycles. The number of hydrogen-bond acceptors (Lipinski definition) is 2. The van der Waals surface area contributed by atoms with E-state index in [9.17, 15) is 0 Å². The summed E-state index contributed by atoms with van der Waals surface area (Å²) in [6, 6.07) is 12.9. The molecule has 0 amide bonds. The summed E-state index contributed by atoms with van der Waals surface area (Å²) in [4.78, 5) is 6.25. The molecular weight excluding hydrogens is 238 g/mol. The Hall–Kier alpha value is -1.54. The molecule has 0 N–H and O–H groups in total. The van der Waals surface area contributed by atoms with E-state index in [2.05, 4.69) is 43.3 Å². The van der Waals surface area contributed by atoms with Crippen LogP contribution in [0.15, 0.2) is 41.3 Å². The fourth-order valence-corrected chi connectivity index (χ4v) is 4.16. The van der Waals surface area contributed by atoms with Gasteiger partial charge in [-0.3, -0.25) is 4.98 Å². The van der Waals surface area contributed by atoms with Crippen LogP contribution in [0.2, 0.25) is 0 Å². The van der Waals surface area contributed by atoms with Gasteiger partial charge >= 0.3 is 0 Å². The van der Waals surface area contributed by atoms with Crippen LogP contribution in [0.5, 0.6) is 0 Å². The number of rotatable bonds is 0. The van der Waals surface area contributed by atoms with Gasteiger partial charge in [-0.15, -0.1) is 11.8 Å². The van der Waals surface area contributed by atoms with Gasteiger partial charge in [0.15, 0.2) is 0 Å². The standard InChI is InChI=1S/C16H13NS/c1-10-12-8-9-18-16(12)15-13-5-3-2-4-11(13)6-7-14(15)17-10/h2-7H,8-9H2,1H3. The molecule has 4 rings (SSSR count). The molecule has 0 unspecified atom stereocenters. The summed E-state index contributed by atoms with van der Waals surface area (Å²) in [5, 5.41) is 4.01. The number of thioether (sulfide) groups is 1. The molecular formula is C16H13NS. The summed E-state index contributed by atoms with van der Waals surface area (Å²) in [5.41, 5.74) is 3.81. The first-order valence-corrected chi connectivity index (χ1v) is 7.27. The summed E-state index contributed by atoms with van der Waals surface area (Å²) < 4.78 is 0. The Labute approximate surface area is 110 Å². The van der Waals surface area contributed by atoms with Gasteiger partial charge in [-0.2, -0.15) is 0 Å². The van der Waals surface area contributed by atoms with Gasteiger partial charge in [0.25, 0.3) is 0 Å². The second kappa shape index (κ2) is 3.72. The SMILES string of the molecule is Cc1nc2ccc3ccccc3c2c2c1CCS2. The summed E-state index contributed by atoms with van der Waals surface area (Å²) in [6.07, 6.45) is 1.16. The number of fused-ring (bicyclic) bond motifs is 5. The predicted octanol–water partition coefficient (Wildman–Crippen LogP) is 4.34. The monoisotopic (exact) mass is 251 g/mol. The zero-order chi connectivity index (χ0) is 12.1. The van der Waals surface area contributed by atoms with Gasteiger partial charge in [-0.25, -0.2) is 0 Å². The van der Waals surface area contributed by atoms with Crippen LogP contribution in [0.1, 0.15) is 11.3 Å². The van der Waals surface area contributed by atoms with Crippen molar-refractivity contribution in [3.63, 3.8) is 0 Å². The number of aryl methyl sites for hydroxylation is 1. The highest BCUT2D eigenvalue weighted by Gasteiger charge is 2.19. The second-order valence-corrected chi connectivity index (χ2v) is 5.89. The second-order valence-electron chi connectivity index (χ2n) is 4.78. The van der Waals surface area contributed by atoms with Gasteiger partial charge in [0, 0.05) is 21.7 Å². The van der Waals surface area contributed by atoms with Gasteiger partial charge < -0.3 is 0 Å². The molecule has 2 heteroatoms. The van der Waals surface area contributed by atoms with Gasteiger partial charge in [0.1, 0.15) is 0 Å². The van der Waals surface area contributed by atoms with E-state index >= 15 is 0 Å². The molecule has 3 aromatic rings. The summed E-state index contributed by atoms with van der Waals surface area (Å²) in [5.74, 6) is 1.19. The van der Waals surface area contributed by atoms with Crippen LogP contribution >= 0.6 is 11.8 Å². The Bertz CT molecular complexity index is 777. The van der Waals surface area contributed by atoms with Gasteiger partial charge in [-0.05, 0) is 35.7 Å². The van der Waals surface area contributed by atoms with Gasteiger partial charge in [-0.1, -0.05) is 30.3 Å². The zero-order valence-corrected chi connectivity index (χ0v) is 11.1. The highest BCUT2D eigenvalue weighted by Crippen LogP contribution is 2.41. The van der Waals surface area contributed by atoms with E-state index in [-0.39, 0.29) is 0 Å². The normalized spacial score (nSPS) is 14.3. The third kappa shape index (κ3) is 1.33. The van der Waals surface area contributed by atoms with Crippen LogP contribution in [0.4, 0.5) is 0 Å². The average molecular weight is 251 g/mol. The van der Waals surface area contributed by atoms with Crippen LogP contribution in [0.3, 0.4) is 0 Å². The molecule has 0 radical (unpaired) electrons. The quantitative estimate of drug-likeness (QED) is 0.551. The van der Waals surface area contributed by atoms with E-state index in [4.69, 9.17) is 4.98 Å². The molecule has 0 atom stereocenters. The van der Waals surface area contributed by atoms with Crippen molar-refractivity contribution in [1.82, 2.24) is 4.98 Å². The van der Waals surface area contributed by atoms with E-state index in [1.54, 1.807) is 0 Å². The maximum absolute atomic E-state index is 4.78. The molecule has 2 aromatic carbocycles. The fraction of sp³-hybridized carbons (Fsp3) is 0.188. The molecule has 2 heterocycles. The largest absolute Gasteiger partial charge is 0.253 e. The lowest BCUT2D eigenvalue weighted by molar-refractivity contribution is 1.07. The van der Waals surface area contributed by atoms with E-state index in [0.29, 0.717) is 0 Å². The van der Waals surface area contributed by atoms with Crippen molar-refractivity contribution in [1.29, 1.82) is 0 Å². The molecule has 0 bridgehead atoms. The summed E-state index contributed by atoms with van der Waals surface area (Å²) in [6.45, 7) is 2.14. The summed E-state index contributed by atoms with van der Waals surface area (Å²) in [7, 11) is 0. The first kappa shape index (κ1) is 10.4. The average Bonchev–Trinajstić information content (AvgIpc) is 2.88. The van der Waals surface area contributed by atoms with Crippen LogP contribution in [-0.2, 0) is 6.42 Å². The van der Waals surface area contributed by atoms with Crippen molar-refractivity contribution in [3.05, 3.63) is 47.7 Å². The molecule has 1 aliphatic heterocycles. The van der Waals surface area contributed by atoms with Crippen molar-refractivity contribution in [3.8, 4) is 0 Å². The Kier molecular flexibility index (Phi) is 2.15. The first-order valence-electron chi connectivity index (χ1n) is 6.28. The minimum absolute atomic E-state index is 1.14. The minimum Gasteiger partial charge on any atom is -0.253 e. The molecule has 18 heavy (non-hydrogen) atoms. The van der Waals surface area contributed by atoms with Crippen LogP contribution in [-0.4, -0.2) is 10.7 Å². The molecule has 0 aliphatic carbocycles. The van der Waals surface area contributed by atoms with Crippen molar-refractivity contribution in [2.24, 2.45) is 0 Å². The Balaban J connectivity index is 2.28. The van der Waals surface area contributed by atoms with E-state index < -0.39 is 0 Å². The molecule has 0 saturated carbocycles. The van der Waals surface area contributed by atoms with Crippen LogP contribution in [0, 0.1) is 6.92 Å².